The molecule has 0 aliphatic carbocycles. The molecule has 0 amide bonds. The quantitative estimate of drug-likeness (QED) is 0.450. The molecule has 3 aliphatic heterocycles. The molecule has 70 valence electrons. The van der Waals surface area contributed by atoms with Gasteiger partial charge in [-0.15, -0.1) is 6.54 Å². The largest absolute Gasteiger partial charge is 0.451 e. The zero-order valence-corrected chi connectivity index (χ0v) is 8.13. The predicted octanol–water partition coefficient (Wildman–Crippen LogP) is 1.09. The highest BCUT2D eigenvalue weighted by atomic mass is 15.4. The van der Waals surface area contributed by atoms with E-state index in [1.807, 2.05) is 0 Å². The number of unbranched alkanes of at least 4 members (excludes halogenated alkanes) is 1. The fourth-order valence-electron chi connectivity index (χ4n) is 2.35. The molecule has 3 fully saturated rings. The molecule has 0 aromatic rings. The lowest BCUT2D eigenvalue weighted by Crippen LogP contribution is -2.64. The topological polar surface area (TPSA) is 3.24 Å². The number of rotatable bonds is 3. The van der Waals surface area contributed by atoms with Crippen molar-refractivity contribution in [1.82, 2.24) is 4.90 Å². The Morgan fingerprint density at radius 2 is 2.08 bits per heavy atom. The number of piperazine rings is 3. The van der Waals surface area contributed by atoms with Gasteiger partial charge in [0.15, 0.2) is 0 Å². The molecule has 0 aromatic heterocycles. The minimum absolute atomic E-state index is 1.24. The third kappa shape index (κ3) is 1.50. The summed E-state index contributed by atoms with van der Waals surface area (Å²) in [5.41, 5.74) is 0. The molecule has 2 nitrogen and oxygen atoms in total. The Bertz CT molecular complexity index is 134. The van der Waals surface area contributed by atoms with Crippen LogP contribution in [-0.2, 0) is 0 Å². The van der Waals surface area contributed by atoms with Gasteiger partial charge in [-0.3, -0.25) is 0 Å². The predicted molar refractivity (Wildman–Crippen MR) is 50.5 cm³/mol. The molecular weight excluding hydrogens is 148 g/mol. The minimum Gasteiger partial charge on any atom is -0.451 e. The molecule has 2 bridgehead atoms. The van der Waals surface area contributed by atoms with E-state index in [0.29, 0.717) is 0 Å². The van der Waals surface area contributed by atoms with Crippen LogP contribution in [0, 0.1) is 6.54 Å². The van der Waals surface area contributed by atoms with E-state index in [-0.39, 0.29) is 0 Å². The van der Waals surface area contributed by atoms with Gasteiger partial charge in [-0.25, -0.2) is 0 Å². The van der Waals surface area contributed by atoms with E-state index >= 15 is 0 Å². The normalized spacial score (nSPS) is 40.2. The third-order valence-electron chi connectivity index (χ3n) is 3.41. The SMILES string of the molecule is CCCC[N+]12[CH-]CN(CC1)CC2. The first-order valence-corrected chi connectivity index (χ1v) is 5.27. The summed E-state index contributed by atoms with van der Waals surface area (Å²) in [6.45, 7) is 12.9. The van der Waals surface area contributed by atoms with E-state index in [1.165, 1.54) is 56.6 Å². The molecule has 2 heteroatoms. The molecule has 3 saturated heterocycles. The summed E-state index contributed by atoms with van der Waals surface area (Å²) in [7, 11) is 0. The fourth-order valence-corrected chi connectivity index (χ4v) is 2.35. The van der Waals surface area contributed by atoms with Gasteiger partial charge >= 0.3 is 0 Å². The summed E-state index contributed by atoms with van der Waals surface area (Å²) in [5.74, 6) is 0. The second kappa shape index (κ2) is 3.35. The van der Waals surface area contributed by atoms with E-state index in [1.54, 1.807) is 0 Å². The second-order valence-corrected chi connectivity index (χ2v) is 4.23. The van der Waals surface area contributed by atoms with Crippen LogP contribution in [0.1, 0.15) is 19.8 Å². The van der Waals surface area contributed by atoms with Crippen LogP contribution in [0.4, 0.5) is 0 Å². The van der Waals surface area contributed by atoms with Crippen LogP contribution < -0.4 is 0 Å². The summed E-state index contributed by atoms with van der Waals surface area (Å²) < 4.78 is 1.32. The van der Waals surface area contributed by atoms with Crippen LogP contribution in [0.15, 0.2) is 0 Å². The van der Waals surface area contributed by atoms with Crippen molar-refractivity contribution in [2.24, 2.45) is 0 Å². The van der Waals surface area contributed by atoms with Gasteiger partial charge in [0.05, 0.1) is 19.6 Å². The zero-order chi connectivity index (χ0) is 8.44. The number of quaternary nitrogens is 1. The first-order valence-electron chi connectivity index (χ1n) is 5.27. The molecule has 12 heavy (non-hydrogen) atoms. The van der Waals surface area contributed by atoms with Crippen molar-refractivity contribution < 1.29 is 4.48 Å². The van der Waals surface area contributed by atoms with Crippen LogP contribution in [0.3, 0.4) is 0 Å². The first-order chi connectivity index (χ1) is 5.85. The van der Waals surface area contributed by atoms with E-state index < -0.39 is 0 Å². The molecule has 3 heterocycles. The van der Waals surface area contributed by atoms with Crippen molar-refractivity contribution in [2.75, 3.05) is 39.3 Å². The number of nitrogens with zero attached hydrogens (tertiary/aromatic N) is 2. The van der Waals surface area contributed by atoms with E-state index in [9.17, 15) is 0 Å². The van der Waals surface area contributed by atoms with Crippen LogP contribution in [0.25, 0.3) is 0 Å². The van der Waals surface area contributed by atoms with Gasteiger partial charge in [0.2, 0.25) is 0 Å². The monoisotopic (exact) mass is 168 g/mol. The van der Waals surface area contributed by atoms with Crippen LogP contribution in [0.2, 0.25) is 0 Å². The lowest BCUT2D eigenvalue weighted by Gasteiger charge is -2.58. The summed E-state index contributed by atoms with van der Waals surface area (Å²) in [5, 5.41) is 0. The Morgan fingerprint density at radius 1 is 1.33 bits per heavy atom. The van der Waals surface area contributed by atoms with E-state index in [0.717, 1.165) is 0 Å². The first kappa shape index (κ1) is 8.52. The standard InChI is InChI=1S/C10H20N2/c1-2-3-7-12-8-4-11(5-9-12)6-10-12/h8H,2-7,9-10H2,1H3. The van der Waals surface area contributed by atoms with E-state index in [4.69, 9.17) is 0 Å². The van der Waals surface area contributed by atoms with Gasteiger partial charge < -0.3 is 9.38 Å². The average molecular weight is 168 g/mol. The Kier molecular flexibility index (Phi) is 2.37. The van der Waals surface area contributed by atoms with Crippen LogP contribution in [-0.4, -0.2) is 48.7 Å². The molecule has 3 rings (SSSR count). The molecule has 0 aromatic carbocycles. The highest BCUT2D eigenvalue weighted by Gasteiger charge is 2.30. The number of fused-ring (bicyclic) bond motifs is 3. The van der Waals surface area contributed by atoms with Gasteiger partial charge in [-0.1, -0.05) is 19.9 Å². The van der Waals surface area contributed by atoms with Crippen molar-refractivity contribution in [3.63, 3.8) is 0 Å². The smallest absolute Gasteiger partial charge is 0.0676 e. The Morgan fingerprint density at radius 3 is 2.58 bits per heavy atom. The summed E-state index contributed by atoms with van der Waals surface area (Å²) in [4.78, 5) is 2.56. The van der Waals surface area contributed by atoms with Crippen LogP contribution >= 0.6 is 0 Å². The number of hydrogen-bond donors (Lipinski definition) is 0. The van der Waals surface area contributed by atoms with Crippen molar-refractivity contribution in [3.05, 3.63) is 6.54 Å². The zero-order valence-electron chi connectivity index (χ0n) is 8.13. The highest BCUT2D eigenvalue weighted by molar-refractivity contribution is 4.77. The van der Waals surface area contributed by atoms with Crippen molar-refractivity contribution >= 4 is 0 Å². The van der Waals surface area contributed by atoms with E-state index in [2.05, 4.69) is 18.4 Å². The molecule has 0 radical (unpaired) electrons. The average Bonchev–Trinajstić information content (AvgIpc) is 2.18. The number of hydrogen-bond acceptors (Lipinski definition) is 1. The lowest BCUT2D eigenvalue weighted by atomic mass is 10.1. The molecule has 0 unspecified atom stereocenters. The molecule has 0 saturated carbocycles. The lowest BCUT2D eigenvalue weighted by molar-refractivity contribution is -0.913. The Labute approximate surface area is 75.7 Å². The van der Waals surface area contributed by atoms with Gasteiger partial charge in [0, 0.05) is 13.1 Å². The summed E-state index contributed by atoms with van der Waals surface area (Å²) in [6, 6.07) is 0. The van der Waals surface area contributed by atoms with Crippen molar-refractivity contribution in [2.45, 2.75) is 19.8 Å². The molecule has 0 spiro atoms. The Balaban J connectivity index is 1.90. The van der Waals surface area contributed by atoms with Gasteiger partial charge in [-0.2, -0.15) is 0 Å². The highest BCUT2D eigenvalue weighted by Crippen LogP contribution is 2.23. The molecular formula is C10H20N2. The maximum absolute atomic E-state index is 2.56. The Hall–Kier alpha value is -0.0800. The maximum atomic E-state index is 2.56. The summed E-state index contributed by atoms with van der Waals surface area (Å²) >= 11 is 0. The van der Waals surface area contributed by atoms with Crippen LogP contribution in [0.5, 0.6) is 0 Å². The minimum atomic E-state index is 1.24. The van der Waals surface area contributed by atoms with Crippen molar-refractivity contribution in [3.8, 4) is 0 Å². The third-order valence-corrected chi connectivity index (χ3v) is 3.41. The molecule has 0 N–H and O–H groups in total. The molecule has 0 atom stereocenters. The molecule has 3 aliphatic rings. The maximum Gasteiger partial charge on any atom is 0.0676 e. The van der Waals surface area contributed by atoms with Gasteiger partial charge in [0.1, 0.15) is 0 Å². The fraction of sp³-hybridized carbons (Fsp3) is 0.900. The second-order valence-electron chi connectivity index (χ2n) is 4.23. The van der Waals surface area contributed by atoms with Crippen molar-refractivity contribution in [1.29, 1.82) is 0 Å². The summed E-state index contributed by atoms with van der Waals surface area (Å²) in [6.07, 6.45) is 2.74. The van der Waals surface area contributed by atoms with Gasteiger partial charge in [0.25, 0.3) is 0 Å². The van der Waals surface area contributed by atoms with Gasteiger partial charge in [-0.05, 0) is 6.42 Å².